The van der Waals surface area contributed by atoms with Crippen LogP contribution in [0.5, 0.6) is 0 Å². The standard InChI is InChI=1S/C11H23NO/c1-10(6-5-9-13)12-11(2)7-3-4-8-11/h10,12-13H,3-9H2,1-2H3. The first kappa shape index (κ1) is 11.0. The first-order valence-electron chi connectivity index (χ1n) is 5.55. The summed E-state index contributed by atoms with van der Waals surface area (Å²) in [5.74, 6) is 0. The number of hydrogen-bond donors (Lipinski definition) is 2. The zero-order valence-electron chi connectivity index (χ0n) is 8.97. The van der Waals surface area contributed by atoms with Crippen molar-refractivity contribution in [3.8, 4) is 0 Å². The number of hydrogen-bond acceptors (Lipinski definition) is 2. The molecule has 0 aromatic rings. The van der Waals surface area contributed by atoms with Crippen LogP contribution in [0.15, 0.2) is 0 Å². The van der Waals surface area contributed by atoms with Crippen LogP contribution in [0.25, 0.3) is 0 Å². The molecule has 0 saturated heterocycles. The Labute approximate surface area is 81.7 Å². The lowest BCUT2D eigenvalue weighted by Gasteiger charge is -2.29. The molecule has 0 aliphatic heterocycles. The molecule has 2 nitrogen and oxygen atoms in total. The van der Waals surface area contributed by atoms with Crippen molar-refractivity contribution in [3.63, 3.8) is 0 Å². The SMILES string of the molecule is CC(CCCO)NC1(C)CCCC1. The van der Waals surface area contributed by atoms with Crippen LogP contribution in [-0.4, -0.2) is 23.3 Å². The van der Waals surface area contributed by atoms with Gasteiger partial charge in [0.25, 0.3) is 0 Å². The summed E-state index contributed by atoms with van der Waals surface area (Å²) in [4.78, 5) is 0. The van der Waals surface area contributed by atoms with E-state index in [-0.39, 0.29) is 0 Å². The minimum atomic E-state index is 0.322. The first-order chi connectivity index (χ1) is 6.16. The minimum Gasteiger partial charge on any atom is -0.396 e. The van der Waals surface area contributed by atoms with Gasteiger partial charge in [-0.2, -0.15) is 0 Å². The van der Waals surface area contributed by atoms with E-state index in [1.165, 1.54) is 25.7 Å². The highest BCUT2D eigenvalue weighted by atomic mass is 16.2. The molecule has 1 unspecified atom stereocenters. The monoisotopic (exact) mass is 185 g/mol. The molecule has 1 aliphatic rings. The number of aliphatic hydroxyl groups is 1. The van der Waals surface area contributed by atoms with Gasteiger partial charge in [-0.3, -0.25) is 0 Å². The van der Waals surface area contributed by atoms with Crippen LogP contribution in [0.3, 0.4) is 0 Å². The van der Waals surface area contributed by atoms with Gasteiger partial charge in [-0.25, -0.2) is 0 Å². The van der Waals surface area contributed by atoms with Crippen molar-refractivity contribution in [3.05, 3.63) is 0 Å². The summed E-state index contributed by atoms with van der Waals surface area (Å²) in [7, 11) is 0. The van der Waals surface area contributed by atoms with Crippen molar-refractivity contribution in [2.45, 2.75) is 64.0 Å². The Morgan fingerprint density at radius 3 is 2.54 bits per heavy atom. The predicted molar refractivity (Wildman–Crippen MR) is 55.8 cm³/mol. The fourth-order valence-electron chi connectivity index (χ4n) is 2.36. The number of aliphatic hydroxyl groups excluding tert-OH is 1. The molecular formula is C11H23NO. The van der Waals surface area contributed by atoms with Crippen molar-refractivity contribution in [2.24, 2.45) is 0 Å². The molecule has 2 heteroatoms. The van der Waals surface area contributed by atoms with E-state index in [1.807, 2.05) is 0 Å². The third kappa shape index (κ3) is 3.65. The highest BCUT2D eigenvalue weighted by molar-refractivity contribution is 4.89. The molecule has 1 atom stereocenters. The Balaban J connectivity index is 2.21. The van der Waals surface area contributed by atoms with Crippen molar-refractivity contribution in [1.29, 1.82) is 0 Å². The summed E-state index contributed by atoms with van der Waals surface area (Å²) >= 11 is 0. The molecule has 0 heterocycles. The van der Waals surface area contributed by atoms with Crippen LogP contribution in [0.2, 0.25) is 0 Å². The molecular weight excluding hydrogens is 162 g/mol. The highest BCUT2D eigenvalue weighted by Crippen LogP contribution is 2.29. The maximum absolute atomic E-state index is 8.71. The minimum absolute atomic E-state index is 0.322. The Morgan fingerprint density at radius 2 is 2.00 bits per heavy atom. The van der Waals surface area contributed by atoms with Gasteiger partial charge in [0.2, 0.25) is 0 Å². The zero-order valence-corrected chi connectivity index (χ0v) is 8.97. The molecule has 1 rings (SSSR count). The van der Waals surface area contributed by atoms with Crippen LogP contribution in [-0.2, 0) is 0 Å². The van der Waals surface area contributed by atoms with Crippen molar-refractivity contribution in [2.75, 3.05) is 6.61 Å². The number of nitrogens with one attached hydrogen (secondary N) is 1. The fraction of sp³-hybridized carbons (Fsp3) is 1.00. The molecule has 13 heavy (non-hydrogen) atoms. The lowest BCUT2D eigenvalue weighted by molar-refractivity contribution is 0.260. The van der Waals surface area contributed by atoms with E-state index in [9.17, 15) is 0 Å². The normalized spacial score (nSPS) is 23.3. The molecule has 1 fully saturated rings. The second-order valence-corrected chi connectivity index (χ2v) is 4.68. The van der Waals surface area contributed by atoms with Gasteiger partial charge in [-0.05, 0) is 39.5 Å². The summed E-state index contributed by atoms with van der Waals surface area (Å²) < 4.78 is 0. The molecule has 0 aromatic carbocycles. The maximum Gasteiger partial charge on any atom is 0.0431 e. The van der Waals surface area contributed by atoms with E-state index >= 15 is 0 Å². The van der Waals surface area contributed by atoms with Crippen LogP contribution in [0, 0.1) is 0 Å². The Hall–Kier alpha value is -0.0800. The molecule has 0 aromatic heterocycles. The Morgan fingerprint density at radius 1 is 1.38 bits per heavy atom. The molecule has 2 N–H and O–H groups in total. The summed E-state index contributed by atoms with van der Waals surface area (Å²) in [5.41, 5.74) is 0.384. The smallest absolute Gasteiger partial charge is 0.0431 e. The lowest BCUT2D eigenvalue weighted by Crippen LogP contribution is -2.44. The summed E-state index contributed by atoms with van der Waals surface area (Å²) in [6.45, 7) is 4.87. The van der Waals surface area contributed by atoms with Gasteiger partial charge < -0.3 is 10.4 Å². The fourth-order valence-corrected chi connectivity index (χ4v) is 2.36. The average molecular weight is 185 g/mol. The largest absolute Gasteiger partial charge is 0.396 e. The van der Waals surface area contributed by atoms with Crippen molar-refractivity contribution >= 4 is 0 Å². The second-order valence-electron chi connectivity index (χ2n) is 4.68. The van der Waals surface area contributed by atoms with Crippen molar-refractivity contribution < 1.29 is 5.11 Å². The van der Waals surface area contributed by atoms with Gasteiger partial charge in [-0.1, -0.05) is 12.8 Å². The molecule has 0 amide bonds. The quantitative estimate of drug-likeness (QED) is 0.687. The number of rotatable bonds is 5. The summed E-state index contributed by atoms with van der Waals surface area (Å²) in [5, 5.41) is 12.4. The maximum atomic E-state index is 8.71. The summed E-state index contributed by atoms with van der Waals surface area (Å²) in [6, 6.07) is 0.551. The van der Waals surface area contributed by atoms with E-state index < -0.39 is 0 Å². The molecule has 0 radical (unpaired) electrons. The van der Waals surface area contributed by atoms with Crippen molar-refractivity contribution in [1.82, 2.24) is 5.32 Å². The first-order valence-corrected chi connectivity index (χ1v) is 5.55. The van der Waals surface area contributed by atoms with Crippen LogP contribution < -0.4 is 5.32 Å². The molecule has 0 bridgehead atoms. The van der Waals surface area contributed by atoms with Crippen LogP contribution >= 0.6 is 0 Å². The lowest BCUT2D eigenvalue weighted by atomic mass is 9.98. The Bertz CT molecular complexity index is 141. The van der Waals surface area contributed by atoms with Gasteiger partial charge >= 0.3 is 0 Å². The van der Waals surface area contributed by atoms with Gasteiger partial charge in [0.05, 0.1) is 0 Å². The molecule has 1 saturated carbocycles. The van der Waals surface area contributed by atoms with E-state index in [4.69, 9.17) is 5.11 Å². The third-order valence-electron chi connectivity index (χ3n) is 3.10. The van der Waals surface area contributed by atoms with Gasteiger partial charge in [0, 0.05) is 18.2 Å². The van der Waals surface area contributed by atoms with E-state index in [1.54, 1.807) is 0 Å². The highest BCUT2D eigenvalue weighted by Gasteiger charge is 2.29. The predicted octanol–water partition coefficient (Wildman–Crippen LogP) is 2.07. The molecule has 1 aliphatic carbocycles. The van der Waals surface area contributed by atoms with Crippen LogP contribution in [0.1, 0.15) is 52.4 Å². The van der Waals surface area contributed by atoms with Gasteiger partial charge in [0.15, 0.2) is 0 Å². The summed E-state index contributed by atoms with van der Waals surface area (Å²) in [6.07, 6.45) is 7.38. The van der Waals surface area contributed by atoms with E-state index in [0.717, 1.165) is 12.8 Å². The van der Waals surface area contributed by atoms with Gasteiger partial charge in [0.1, 0.15) is 0 Å². The topological polar surface area (TPSA) is 32.3 Å². The molecule has 78 valence electrons. The second kappa shape index (κ2) is 4.97. The molecule has 0 spiro atoms. The van der Waals surface area contributed by atoms with Crippen LogP contribution in [0.4, 0.5) is 0 Å². The van der Waals surface area contributed by atoms with E-state index in [0.29, 0.717) is 18.2 Å². The van der Waals surface area contributed by atoms with E-state index in [2.05, 4.69) is 19.2 Å². The average Bonchev–Trinajstić information content (AvgIpc) is 2.48. The third-order valence-corrected chi connectivity index (χ3v) is 3.10. The van der Waals surface area contributed by atoms with Gasteiger partial charge in [-0.15, -0.1) is 0 Å². The Kier molecular flexibility index (Phi) is 4.20. The zero-order chi connectivity index (χ0) is 9.73.